The number of rotatable bonds is 3. The number of alkyl halides is 1. The number of halogens is 2. The maximum absolute atomic E-state index is 6.03. The lowest BCUT2D eigenvalue weighted by Gasteiger charge is -2.28. The molecule has 0 aromatic heterocycles. The smallest absolute Gasteiger partial charge is 0.122 e. The lowest BCUT2D eigenvalue weighted by atomic mass is 9.93. The first-order valence-corrected chi connectivity index (χ1v) is 7.04. The number of hydrogen-bond donors (Lipinski definition) is 0. The van der Waals surface area contributed by atoms with Gasteiger partial charge >= 0.3 is 0 Å². The van der Waals surface area contributed by atoms with Crippen LogP contribution in [0, 0.1) is 5.92 Å². The van der Waals surface area contributed by atoms with Crippen molar-refractivity contribution in [2.45, 2.75) is 17.7 Å². The number of hydrogen-bond acceptors (Lipinski definition) is 2. The Kier molecular flexibility index (Phi) is 4.71. The molecule has 2 nitrogen and oxygen atoms in total. The summed E-state index contributed by atoms with van der Waals surface area (Å²) in [6, 6.07) is 5.76. The van der Waals surface area contributed by atoms with E-state index in [1.165, 1.54) is 0 Å². The van der Waals surface area contributed by atoms with Crippen LogP contribution in [-0.4, -0.2) is 25.2 Å². The Labute approximate surface area is 115 Å². The molecule has 1 aliphatic rings. The van der Waals surface area contributed by atoms with Crippen LogP contribution in [-0.2, 0) is 11.2 Å². The molecule has 0 spiro atoms. The Morgan fingerprint density at radius 3 is 3.06 bits per heavy atom. The summed E-state index contributed by atoms with van der Waals surface area (Å²) >= 11 is 9.75. The van der Waals surface area contributed by atoms with Crippen molar-refractivity contribution in [3.05, 3.63) is 28.8 Å². The molecular formula is C13H16BrClO2. The average molecular weight is 320 g/mol. The standard InChI is InChI=1S/C13H16BrClO2/c1-16-13-3-2-11(15)7-9(13)6-10-8-17-5-4-12(10)14/h2-3,7,10,12H,4-6,8H2,1H3. The van der Waals surface area contributed by atoms with Crippen molar-refractivity contribution in [3.8, 4) is 5.75 Å². The number of benzene rings is 1. The molecule has 1 aromatic carbocycles. The van der Waals surface area contributed by atoms with E-state index in [1.807, 2.05) is 18.2 Å². The third-order valence-electron chi connectivity index (χ3n) is 3.11. The van der Waals surface area contributed by atoms with Gasteiger partial charge < -0.3 is 9.47 Å². The van der Waals surface area contributed by atoms with Gasteiger partial charge in [-0.2, -0.15) is 0 Å². The summed E-state index contributed by atoms with van der Waals surface area (Å²) < 4.78 is 10.9. The van der Waals surface area contributed by atoms with Crippen molar-refractivity contribution < 1.29 is 9.47 Å². The highest BCUT2D eigenvalue weighted by atomic mass is 79.9. The molecule has 1 aliphatic heterocycles. The maximum atomic E-state index is 6.03. The van der Waals surface area contributed by atoms with Crippen LogP contribution in [0.4, 0.5) is 0 Å². The van der Waals surface area contributed by atoms with Gasteiger partial charge in [0, 0.05) is 16.5 Å². The van der Waals surface area contributed by atoms with Crippen LogP contribution >= 0.6 is 27.5 Å². The fraction of sp³-hybridized carbons (Fsp3) is 0.538. The molecule has 0 radical (unpaired) electrons. The zero-order chi connectivity index (χ0) is 12.3. The molecule has 0 aliphatic carbocycles. The highest BCUT2D eigenvalue weighted by molar-refractivity contribution is 9.09. The summed E-state index contributed by atoms with van der Waals surface area (Å²) in [6.07, 6.45) is 1.99. The molecule has 1 saturated heterocycles. The van der Waals surface area contributed by atoms with Crippen LogP contribution in [0.3, 0.4) is 0 Å². The van der Waals surface area contributed by atoms with Crippen molar-refractivity contribution >= 4 is 27.5 Å². The molecule has 0 saturated carbocycles. The van der Waals surface area contributed by atoms with Gasteiger partial charge in [0.25, 0.3) is 0 Å². The molecule has 1 fully saturated rings. The van der Waals surface area contributed by atoms with Crippen LogP contribution in [0.1, 0.15) is 12.0 Å². The fourth-order valence-electron chi connectivity index (χ4n) is 2.15. The SMILES string of the molecule is COc1ccc(Cl)cc1CC1COCCC1Br. The molecule has 2 rings (SSSR count). The molecule has 0 amide bonds. The quantitative estimate of drug-likeness (QED) is 0.791. The number of methoxy groups -OCH3 is 1. The monoisotopic (exact) mass is 318 g/mol. The fourth-order valence-corrected chi connectivity index (χ4v) is 2.87. The van der Waals surface area contributed by atoms with Gasteiger partial charge in [0.2, 0.25) is 0 Å². The van der Waals surface area contributed by atoms with Crippen LogP contribution in [0.2, 0.25) is 5.02 Å². The van der Waals surface area contributed by atoms with E-state index in [0.717, 1.165) is 42.4 Å². The Morgan fingerprint density at radius 2 is 2.35 bits per heavy atom. The zero-order valence-corrected chi connectivity index (χ0v) is 12.1. The minimum absolute atomic E-state index is 0.483. The molecule has 4 heteroatoms. The molecule has 1 aromatic rings. The first kappa shape index (κ1) is 13.2. The van der Waals surface area contributed by atoms with Crippen LogP contribution in [0.25, 0.3) is 0 Å². The minimum atomic E-state index is 0.483. The van der Waals surface area contributed by atoms with E-state index in [0.29, 0.717) is 10.7 Å². The largest absolute Gasteiger partial charge is 0.496 e. The highest BCUT2D eigenvalue weighted by Crippen LogP contribution is 2.30. The Morgan fingerprint density at radius 1 is 1.53 bits per heavy atom. The van der Waals surface area contributed by atoms with E-state index in [4.69, 9.17) is 21.1 Å². The number of ether oxygens (including phenoxy) is 2. The predicted octanol–water partition coefficient (Wildman–Crippen LogP) is 3.69. The molecule has 0 N–H and O–H groups in total. The maximum Gasteiger partial charge on any atom is 0.122 e. The van der Waals surface area contributed by atoms with Crippen molar-refractivity contribution in [1.82, 2.24) is 0 Å². The summed E-state index contributed by atoms with van der Waals surface area (Å²) in [7, 11) is 1.69. The Bertz CT molecular complexity index is 384. The van der Waals surface area contributed by atoms with Crippen molar-refractivity contribution in [2.24, 2.45) is 5.92 Å². The van der Waals surface area contributed by atoms with E-state index >= 15 is 0 Å². The van der Waals surface area contributed by atoms with Crippen molar-refractivity contribution in [2.75, 3.05) is 20.3 Å². The van der Waals surface area contributed by atoms with Gasteiger partial charge in [-0.25, -0.2) is 0 Å². The van der Waals surface area contributed by atoms with Crippen LogP contribution in [0.15, 0.2) is 18.2 Å². The second-order valence-electron chi connectivity index (χ2n) is 4.30. The van der Waals surface area contributed by atoms with E-state index in [2.05, 4.69) is 15.9 Å². The van der Waals surface area contributed by atoms with Gasteiger partial charge in [-0.15, -0.1) is 0 Å². The Balaban J connectivity index is 2.13. The van der Waals surface area contributed by atoms with Gasteiger partial charge in [-0.1, -0.05) is 27.5 Å². The lowest BCUT2D eigenvalue weighted by Crippen LogP contribution is -2.29. The lowest BCUT2D eigenvalue weighted by molar-refractivity contribution is 0.0603. The third-order valence-corrected chi connectivity index (χ3v) is 4.55. The molecule has 0 bridgehead atoms. The molecular weight excluding hydrogens is 303 g/mol. The second kappa shape index (κ2) is 6.07. The summed E-state index contributed by atoms with van der Waals surface area (Å²) in [6.45, 7) is 1.64. The third kappa shape index (κ3) is 3.36. The van der Waals surface area contributed by atoms with E-state index in [9.17, 15) is 0 Å². The predicted molar refractivity (Wildman–Crippen MR) is 73.3 cm³/mol. The van der Waals surface area contributed by atoms with Crippen molar-refractivity contribution in [3.63, 3.8) is 0 Å². The van der Waals surface area contributed by atoms with E-state index in [1.54, 1.807) is 7.11 Å². The van der Waals surface area contributed by atoms with Crippen LogP contribution < -0.4 is 4.74 Å². The molecule has 2 atom stereocenters. The average Bonchev–Trinajstić information content (AvgIpc) is 2.32. The molecule has 17 heavy (non-hydrogen) atoms. The summed E-state index contributed by atoms with van der Waals surface area (Å²) in [5, 5.41) is 0.753. The molecule has 1 heterocycles. The topological polar surface area (TPSA) is 18.5 Å². The molecule has 94 valence electrons. The Hall–Kier alpha value is -0.250. The van der Waals surface area contributed by atoms with Gasteiger partial charge in [0.15, 0.2) is 0 Å². The minimum Gasteiger partial charge on any atom is -0.496 e. The van der Waals surface area contributed by atoms with Gasteiger partial charge in [-0.3, -0.25) is 0 Å². The van der Waals surface area contributed by atoms with Crippen LogP contribution in [0.5, 0.6) is 5.75 Å². The first-order chi connectivity index (χ1) is 8.20. The summed E-state index contributed by atoms with van der Waals surface area (Å²) in [5.41, 5.74) is 1.15. The van der Waals surface area contributed by atoms with Gasteiger partial charge in [0.1, 0.15) is 5.75 Å². The highest BCUT2D eigenvalue weighted by Gasteiger charge is 2.24. The van der Waals surface area contributed by atoms with E-state index < -0.39 is 0 Å². The normalized spacial score (nSPS) is 24.6. The van der Waals surface area contributed by atoms with Crippen molar-refractivity contribution in [1.29, 1.82) is 0 Å². The van der Waals surface area contributed by atoms with E-state index in [-0.39, 0.29) is 0 Å². The summed E-state index contributed by atoms with van der Waals surface area (Å²) in [5.74, 6) is 1.38. The second-order valence-corrected chi connectivity index (χ2v) is 5.91. The van der Waals surface area contributed by atoms with Gasteiger partial charge in [-0.05, 0) is 42.5 Å². The van der Waals surface area contributed by atoms with Gasteiger partial charge in [0.05, 0.1) is 13.7 Å². The summed E-state index contributed by atoms with van der Waals surface area (Å²) in [4.78, 5) is 0.514. The molecule has 2 unspecified atom stereocenters. The first-order valence-electron chi connectivity index (χ1n) is 5.75. The zero-order valence-electron chi connectivity index (χ0n) is 9.79.